The molecule has 2 rings (SSSR count). The second kappa shape index (κ2) is 23.1. The van der Waals surface area contributed by atoms with Crippen LogP contribution in [-0.4, -0.2) is 30.6 Å². The summed E-state index contributed by atoms with van der Waals surface area (Å²) in [5.41, 5.74) is 1.85. The number of azo groups is 1. The number of hydrogen-bond acceptors (Lipinski definition) is 7. The number of nitro groups is 1. The fraction of sp³-hybridized carbons (Fsp3) is 0.658. The van der Waals surface area contributed by atoms with Crippen LogP contribution < -0.4 is 4.90 Å². The van der Waals surface area contributed by atoms with E-state index in [1.165, 1.54) is 108 Å². The summed E-state index contributed by atoms with van der Waals surface area (Å²) in [7, 11) is 0. The number of esters is 1. The molecule has 256 valence electrons. The Bertz CT molecular complexity index is 1130. The molecule has 0 spiro atoms. The molecular formula is C38H60N4O4. The van der Waals surface area contributed by atoms with Crippen LogP contribution in [0.5, 0.6) is 0 Å². The van der Waals surface area contributed by atoms with Crippen LogP contribution in [0.2, 0.25) is 0 Å². The molecule has 2 aromatic rings. The summed E-state index contributed by atoms with van der Waals surface area (Å²) in [6.45, 7) is 10.0. The highest BCUT2D eigenvalue weighted by atomic mass is 16.6. The van der Waals surface area contributed by atoms with Gasteiger partial charge in [0.15, 0.2) is 0 Å². The molecule has 0 aliphatic rings. The van der Waals surface area contributed by atoms with Crippen LogP contribution >= 0.6 is 0 Å². The topological polar surface area (TPSA) is 97.4 Å². The molecule has 0 radical (unpaired) electrons. The normalized spacial score (nSPS) is 11.7. The molecule has 0 heterocycles. The molecule has 0 aliphatic heterocycles. The summed E-state index contributed by atoms with van der Waals surface area (Å²) in [4.78, 5) is 25.2. The van der Waals surface area contributed by atoms with E-state index < -0.39 is 10.3 Å². The van der Waals surface area contributed by atoms with Crippen molar-refractivity contribution in [2.75, 3.05) is 24.6 Å². The molecule has 0 unspecified atom stereocenters. The first-order chi connectivity index (χ1) is 22.3. The number of ether oxygens (including phenoxy) is 1. The summed E-state index contributed by atoms with van der Waals surface area (Å²) in [6, 6.07) is 13.9. The quantitative estimate of drug-likeness (QED) is 0.0336. The van der Waals surface area contributed by atoms with Crippen molar-refractivity contribution < 1.29 is 14.5 Å². The smallest absolute Gasteiger partial charge is 0.311 e. The molecule has 0 saturated carbocycles. The Kier molecular flexibility index (Phi) is 19.5. The second-order valence-electron chi connectivity index (χ2n) is 13.2. The van der Waals surface area contributed by atoms with Gasteiger partial charge in [-0.1, -0.05) is 110 Å². The maximum atomic E-state index is 12.5. The largest absolute Gasteiger partial charge is 0.463 e. The summed E-state index contributed by atoms with van der Waals surface area (Å²) < 4.78 is 5.66. The molecule has 0 N–H and O–H groups in total. The number of carbonyl (C=O) groups excluding carboxylic acids is 1. The number of hydrogen-bond donors (Lipinski definition) is 0. The molecule has 0 aromatic heterocycles. The van der Waals surface area contributed by atoms with E-state index in [1.54, 1.807) is 12.1 Å². The van der Waals surface area contributed by atoms with Crippen molar-refractivity contribution in [2.45, 2.75) is 137 Å². The van der Waals surface area contributed by atoms with E-state index >= 15 is 0 Å². The Morgan fingerprint density at radius 2 is 1.13 bits per heavy atom. The van der Waals surface area contributed by atoms with E-state index in [1.807, 2.05) is 45.0 Å². The lowest BCUT2D eigenvalue weighted by molar-refractivity contribution is -0.384. The van der Waals surface area contributed by atoms with Crippen LogP contribution in [0.25, 0.3) is 0 Å². The summed E-state index contributed by atoms with van der Waals surface area (Å²) >= 11 is 0. The van der Waals surface area contributed by atoms with Crippen LogP contribution in [0.4, 0.5) is 22.7 Å². The third-order valence-electron chi connectivity index (χ3n) is 8.87. The molecule has 0 saturated heterocycles. The minimum Gasteiger partial charge on any atom is -0.463 e. The van der Waals surface area contributed by atoms with E-state index in [0.29, 0.717) is 24.5 Å². The van der Waals surface area contributed by atoms with Gasteiger partial charge in [-0.2, -0.15) is 10.2 Å². The number of nitro benzene ring substituents is 1. The van der Waals surface area contributed by atoms with Gasteiger partial charge in [0, 0.05) is 24.4 Å². The minimum absolute atomic E-state index is 0.0247. The number of unbranched alkanes of at least 4 members (excludes halogenated alkanes) is 15. The lowest BCUT2D eigenvalue weighted by atomic mass is 9.91. The van der Waals surface area contributed by atoms with Crippen LogP contribution in [0.15, 0.2) is 58.8 Å². The molecule has 0 amide bonds. The van der Waals surface area contributed by atoms with Gasteiger partial charge < -0.3 is 9.64 Å². The molecule has 8 heteroatoms. The van der Waals surface area contributed by atoms with Crippen LogP contribution in [0.3, 0.4) is 0 Å². The van der Waals surface area contributed by atoms with Gasteiger partial charge in [-0.05, 0) is 63.1 Å². The summed E-state index contributed by atoms with van der Waals surface area (Å²) in [5.74, 6) is -0.153. The lowest BCUT2D eigenvalue weighted by Gasteiger charge is -2.26. The Balaban J connectivity index is 1.76. The van der Waals surface area contributed by atoms with Gasteiger partial charge in [0.25, 0.3) is 5.69 Å². The van der Waals surface area contributed by atoms with Crippen molar-refractivity contribution in [2.24, 2.45) is 15.6 Å². The van der Waals surface area contributed by atoms with Gasteiger partial charge in [-0.3, -0.25) is 14.9 Å². The number of benzene rings is 2. The number of non-ortho nitro benzene ring substituents is 1. The second-order valence-corrected chi connectivity index (χ2v) is 13.2. The Labute approximate surface area is 278 Å². The Morgan fingerprint density at radius 3 is 1.57 bits per heavy atom. The minimum atomic E-state index is -0.477. The predicted octanol–water partition coefficient (Wildman–Crippen LogP) is 12.1. The Hall–Kier alpha value is -3.29. The van der Waals surface area contributed by atoms with E-state index in [-0.39, 0.29) is 11.7 Å². The molecule has 0 bridgehead atoms. The predicted molar refractivity (Wildman–Crippen MR) is 191 cm³/mol. The van der Waals surface area contributed by atoms with Gasteiger partial charge in [-0.15, -0.1) is 0 Å². The number of anilines is 1. The third kappa shape index (κ3) is 16.3. The maximum Gasteiger partial charge on any atom is 0.311 e. The van der Waals surface area contributed by atoms with Gasteiger partial charge in [0.1, 0.15) is 6.61 Å². The van der Waals surface area contributed by atoms with E-state index in [4.69, 9.17) is 4.74 Å². The lowest BCUT2D eigenvalue weighted by Crippen LogP contribution is -2.32. The zero-order valence-corrected chi connectivity index (χ0v) is 29.2. The number of carbonyl (C=O) groups is 1. The van der Waals surface area contributed by atoms with Crippen molar-refractivity contribution in [3.63, 3.8) is 0 Å². The molecular weight excluding hydrogens is 576 g/mol. The highest BCUT2D eigenvalue weighted by Gasteiger charge is 2.27. The summed E-state index contributed by atoms with van der Waals surface area (Å²) in [5, 5.41) is 19.4. The maximum absolute atomic E-state index is 12.5. The molecule has 8 nitrogen and oxygen atoms in total. The van der Waals surface area contributed by atoms with Crippen molar-refractivity contribution >= 4 is 28.7 Å². The van der Waals surface area contributed by atoms with E-state index in [0.717, 1.165) is 25.1 Å². The average molecular weight is 637 g/mol. The molecule has 0 atom stereocenters. The molecule has 46 heavy (non-hydrogen) atoms. The monoisotopic (exact) mass is 636 g/mol. The van der Waals surface area contributed by atoms with E-state index in [9.17, 15) is 14.9 Å². The van der Waals surface area contributed by atoms with E-state index in [2.05, 4.69) is 22.1 Å². The number of rotatable bonds is 26. The zero-order chi connectivity index (χ0) is 33.5. The fourth-order valence-electron chi connectivity index (χ4n) is 5.30. The number of nitrogens with zero attached hydrogens (tertiary/aromatic N) is 4. The van der Waals surface area contributed by atoms with Crippen molar-refractivity contribution in [1.82, 2.24) is 0 Å². The first-order valence-electron chi connectivity index (χ1n) is 17.9. The van der Waals surface area contributed by atoms with Crippen molar-refractivity contribution in [1.29, 1.82) is 0 Å². The standard InChI is InChI=1S/C38H60N4O4/c1-5-7-8-9-10-11-12-13-14-15-16-17-18-19-20-21-30-41(31-32-46-37(43)38(3,4)6-2)35-26-22-33(23-27-35)39-40-34-24-28-36(29-25-34)42(44)45/h22-29H,5-21,30-32H2,1-4H3/b40-39+. The van der Waals surface area contributed by atoms with Crippen LogP contribution in [-0.2, 0) is 9.53 Å². The first-order valence-corrected chi connectivity index (χ1v) is 17.9. The van der Waals surface area contributed by atoms with Crippen LogP contribution in [0.1, 0.15) is 137 Å². The van der Waals surface area contributed by atoms with Gasteiger partial charge in [0.2, 0.25) is 0 Å². The van der Waals surface area contributed by atoms with Crippen molar-refractivity contribution in [3.05, 3.63) is 58.6 Å². The molecule has 2 aromatic carbocycles. The van der Waals surface area contributed by atoms with Crippen molar-refractivity contribution in [3.8, 4) is 0 Å². The Morgan fingerprint density at radius 1 is 0.696 bits per heavy atom. The van der Waals surface area contributed by atoms with Gasteiger partial charge in [0.05, 0.1) is 28.3 Å². The third-order valence-corrected chi connectivity index (χ3v) is 8.87. The molecule has 0 fully saturated rings. The van der Waals surface area contributed by atoms with Crippen LogP contribution in [0, 0.1) is 15.5 Å². The highest BCUT2D eigenvalue weighted by molar-refractivity contribution is 5.75. The zero-order valence-electron chi connectivity index (χ0n) is 29.2. The molecule has 0 aliphatic carbocycles. The average Bonchev–Trinajstić information content (AvgIpc) is 3.06. The van der Waals surface area contributed by atoms with Gasteiger partial charge in [-0.25, -0.2) is 0 Å². The first kappa shape index (κ1) is 38.9. The highest BCUT2D eigenvalue weighted by Crippen LogP contribution is 2.25. The SMILES string of the molecule is CCCCCCCCCCCCCCCCCCN(CCOC(=O)C(C)(C)CC)c1ccc(/N=N/c2ccc([N+](=O)[O-])cc2)cc1. The summed E-state index contributed by atoms with van der Waals surface area (Å²) in [6.07, 6.45) is 22.2. The fourth-order valence-corrected chi connectivity index (χ4v) is 5.30. The van der Waals surface area contributed by atoms with Gasteiger partial charge >= 0.3 is 5.97 Å².